The first kappa shape index (κ1) is 17.5. The van der Waals surface area contributed by atoms with E-state index in [-0.39, 0.29) is 0 Å². The number of rotatable bonds is 5. The predicted octanol–water partition coefficient (Wildman–Crippen LogP) is 4.05. The van der Waals surface area contributed by atoms with Crippen LogP contribution in [0.3, 0.4) is 0 Å². The van der Waals surface area contributed by atoms with Gasteiger partial charge in [0, 0.05) is 30.4 Å². The minimum atomic E-state index is 0.502. The van der Waals surface area contributed by atoms with Gasteiger partial charge in [-0.3, -0.25) is 4.57 Å². The Hall–Kier alpha value is -3.64. The van der Waals surface area contributed by atoms with Crippen LogP contribution in [0.2, 0.25) is 0 Å². The Morgan fingerprint density at radius 2 is 1.79 bits per heavy atom. The van der Waals surface area contributed by atoms with Gasteiger partial charge >= 0.3 is 0 Å². The summed E-state index contributed by atoms with van der Waals surface area (Å²) >= 11 is 0. The molecule has 0 aliphatic rings. The van der Waals surface area contributed by atoms with E-state index < -0.39 is 0 Å². The second-order valence-corrected chi connectivity index (χ2v) is 7.11. The zero-order chi connectivity index (χ0) is 19.8. The Bertz CT molecular complexity index is 1300. The van der Waals surface area contributed by atoms with E-state index in [9.17, 15) is 0 Å². The van der Waals surface area contributed by atoms with Crippen LogP contribution in [0, 0.1) is 6.92 Å². The normalized spacial score (nSPS) is 11.4. The largest absolute Gasteiger partial charge is 0.364 e. The maximum absolute atomic E-state index is 5.94. The molecule has 0 aliphatic carbocycles. The van der Waals surface area contributed by atoms with Crippen LogP contribution in [-0.2, 0) is 13.1 Å². The van der Waals surface area contributed by atoms with E-state index >= 15 is 0 Å². The van der Waals surface area contributed by atoms with Crippen molar-refractivity contribution in [3.05, 3.63) is 89.7 Å². The van der Waals surface area contributed by atoms with E-state index in [1.807, 2.05) is 47.1 Å². The molecule has 2 aromatic carbocycles. The second kappa shape index (κ2) is 7.07. The van der Waals surface area contributed by atoms with Crippen molar-refractivity contribution in [3.8, 4) is 5.95 Å². The van der Waals surface area contributed by atoms with Crippen molar-refractivity contribution in [3.63, 3.8) is 0 Å². The Morgan fingerprint density at radius 1 is 0.966 bits per heavy atom. The van der Waals surface area contributed by atoms with Gasteiger partial charge in [0.2, 0.25) is 0 Å². The van der Waals surface area contributed by atoms with Crippen LogP contribution in [0.4, 0.5) is 5.82 Å². The highest BCUT2D eigenvalue weighted by Gasteiger charge is 2.15. The summed E-state index contributed by atoms with van der Waals surface area (Å²) in [6.45, 7) is 3.27. The van der Waals surface area contributed by atoms with Gasteiger partial charge < -0.3 is 11.1 Å². The topological polar surface area (TPSA) is 73.2 Å². The first-order valence-corrected chi connectivity index (χ1v) is 9.68. The molecule has 3 heterocycles. The molecule has 5 aromatic rings. The summed E-state index contributed by atoms with van der Waals surface area (Å²) in [4.78, 5) is 4.89. The number of hydrogen-bond acceptors (Lipinski definition) is 4. The van der Waals surface area contributed by atoms with Crippen LogP contribution in [-0.4, -0.2) is 19.2 Å². The Balaban J connectivity index is 1.63. The van der Waals surface area contributed by atoms with Crippen LogP contribution >= 0.6 is 0 Å². The lowest BCUT2D eigenvalue weighted by Gasteiger charge is -2.12. The zero-order valence-electron chi connectivity index (χ0n) is 16.2. The van der Waals surface area contributed by atoms with Crippen molar-refractivity contribution < 1.29 is 0 Å². The number of anilines is 1. The molecule has 29 heavy (non-hydrogen) atoms. The van der Waals surface area contributed by atoms with E-state index in [0.29, 0.717) is 19.0 Å². The number of benzene rings is 2. The van der Waals surface area contributed by atoms with Gasteiger partial charge in [0.05, 0.1) is 5.52 Å². The highest BCUT2D eigenvalue weighted by atomic mass is 15.3. The Morgan fingerprint density at radius 3 is 2.62 bits per heavy atom. The standard InChI is InChI=1S/C23H22N6/c1-16-13-19-18(14-24)9-5-10-20(19)29(16)23-26-22(21-11-6-12-28(21)27-23)25-15-17-7-3-2-4-8-17/h2-13H,14-15,24H2,1H3,(H,25,26,27). The van der Waals surface area contributed by atoms with E-state index in [4.69, 9.17) is 15.8 Å². The molecule has 0 spiro atoms. The molecule has 0 saturated carbocycles. The van der Waals surface area contributed by atoms with Gasteiger partial charge in [-0.25, -0.2) is 4.52 Å². The maximum atomic E-state index is 5.94. The number of aryl methyl sites for hydroxylation is 1. The monoisotopic (exact) mass is 382 g/mol. The molecule has 6 nitrogen and oxygen atoms in total. The Labute approximate surface area is 168 Å². The Kier molecular flexibility index (Phi) is 4.26. The highest BCUT2D eigenvalue weighted by Crippen LogP contribution is 2.26. The summed E-state index contributed by atoms with van der Waals surface area (Å²) in [6, 6.07) is 22.6. The number of hydrogen-bond donors (Lipinski definition) is 2. The number of nitrogens with zero attached hydrogens (tertiary/aromatic N) is 4. The van der Waals surface area contributed by atoms with E-state index in [1.54, 1.807) is 0 Å². The first-order chi connectivity index (χ1) is 14.2. The van der Waals surface area contributed by atoms with Crippen molar-refractivity contribution in [1.29, 1.82) is 0 Å². The molecule has 0 fully saturated rings. The van der Waals surface area contributed by atoms with Gasteiger partial charge in [-0.15, -0.1) is 5.10 Å². The molecular weight excluding hydrogens is 360 g/mol. The average molecular weight is 382 g/mol. The summed E-state index contributed by atoms with van der Waals surface area (Å²) in [5, 5.41) is 9.38. The lowest BCUT2D eigenvalue weighted by Crippen LogP contribution is -2.11. The van der Waals surface area contributed by atoms with Crippen molar-refractivity contribution in [1.82, 2.24) is 19.2 Å². The quantitative estimate of drug-likeness (QED) is 0.481. The van der Waals surface area contributed by atoms with Crippen LogP contribution in [0.15, 0.2) is 72.9 Å². The minimum Gasteiger partial charge on any atom is -0.364 e. The van der Waals surface area contributed by atoms with Crippen molar-refractivity contribution >= 4 is 22.2 Å². The number of aromatic nitrogens is 4. The molecule has 0 atom stereocenters. The molecular formula is C23H22N6. The fourth-order valence-corrected chi connectivity index (χ4v) is 3.80. The van der Waals surface area contributed by atoms with E-state index in [0.717, 1.165) is 33.5 Å². The van der Waals surface area contributed by atoms with Crippen molar-refractivity contribution in [2.75, 3.05) is 5.32 Å². The smallest absolute Gasteiger partial charge is 0.254 e. The molecule has 0 aliphatic heterocycles. The van der Waals surface area contributed by atoms with Gasteiger partial charge in [0.25, 0.3) is 5.95 Å². The molecule has 0 saturated heterocycles. The van der Waals surface area contributed by atoms with Gasteiger partial charge in [0.1, 0.15) is 5.52 Å². The molecule has 3 aromatic heterocycles. The third kappa shape index (κ3) is 3.03. The van der Waals surface area contributed by atoms with E-state index in [2.05, 4.69) is 47.1 Å². The molecule has 5 rings (SSSR count). The zero-order valence-corrected chi connectivity index (χ0v) is 16.2. The van der Waals surface area contributed by atoms with Crippen LogP contribution in [0.25, 0.3) is 22.4 Å². The van der Waals surface area contributed by atoms with Crippen molar-refractivity contribution in [2.24, 2.45) is 5.73 Å². The van der Waals surface area contributed by atoms with Crippen LogP contribution < -0.4 is 11.1 Å². The molecule has 0 radical (unpaired) electrons. The molecule has 0 unspecified atom stereocenters. The molecule has 6 heteroatoms. The molecule has 3 N–H and O–H groups in total. The number of nitrogens with two attached hydrogens (primary N) is 1. The third-order valence-corrected chi connectivity index (χ3v) is 5.22. The average Bonchev–Trinajstić information content (AvgIpc) is 3.35. The summed E-state index contributed by atoms with van der Waals surface area (Å²) < 4.78 is 3.95. The van der Waals surface area contributed by atoms with Gasteiger partial charge in [-0.05, 0) is 42.3 Å². The summed E-state index contributed by atoms with van der Waals surface area (Å²) in [7, 11) is 0. The molecule has 0 amide bonds. The van der Waals surface area contributed by atoms with Crippen LogP contribution in [0.1, 0.15) is 16.8 Å². The fourth-order valence-electron chi connectivity index (χ4n) is 3.80. The number of nitrogens with one attached hydrogen (secondary N) is 1. The molecule has 144 valence electrons. The molecule has 0 bridgehead atoms. The maximum Gasteiger partial charge on any atom is 0.254 e. The number of fused-ring (bicyclic) bond motifs is 2. The second-order valence-electron chi connectivity index (χ2n) is 7.11. The van der Waals surface area contributed by atoms with Gasteiger partial charge in [-0.1, -0.05) is 42.5 Å². The van der Waals surface area contributed by atoms with Crippen molar-refractivity contribution in [2.45, 2.75) is 20.0 Å². The summed E-state index contributed by atoms with van der Waals surface area (Å²) in [5.41, 5.74) is 11.3. The fraction of sp³-hybridized carbons (Fsp3) is 0.130. The highest BCUT2D eigenvalue weighted by molar-refractivity contribution is 5.86. The lowest BCUT2D eigenvalue weighted by molar-refractivity contribution is 0.823. The van der Waals surface area contributed by atoms with Crippen LogP contribution in [0.5, 0.6) is 0 Å². The summed E-state index contributed by atoms with van der Waals surface area (Å²) in [5.74, 6) is 1.44. The predicted molar refractivity (Wildman–Crippen MR) is 116 cm³/mol. The summed E-state index contributed by atoms with van der Waals surface area (Å²) in [6.07, 6.45) is 1.94. The van der Waals surface area contributed by atoms with Gasteiger partial charge in [0.15, 0.2) is 5.82 Å². The first-order valence-electron chi connectivity index (χ1n) is 9.68. The third-order valence-electron chi connectivity index (χ3n) is 5.22. The SMILES string of the molecule is Cc1cc2c(CN)cccc2n1-c1nc(NCc2ccccc2)c2cccn2n1. The minimum absolute atomic E-state index is 0.502. The van der Waals surface area contributed by atoms with Gasteiger partial charge in [-0.2, -0.15) is 4.98 Å². The lowest BCUT2D eigenvalue weighted by atomic mass is 10.1. The van der Waals surface area contributed by atoms with E-state index in [1.165, 1.54) is 5.56 Å².